The lowest BCUT2D eigenvalue weighted by molar-refractivity contribution is 0.483. The van der Waals surface area contributed by atoms with Gasteiger partial charge in [0, 0.05) is 22.1 Å². The molecular weight excluding hydrogens is 1110 g/mol. The molecule has 3 heterocycles. The summed E-state index contributed by atoms with van der Waals surface area (Å²) in [5.41, 5.74) is 0.329. The maximum absolute atomic E-state index is 16.6. The van der Waals surface area contributed by atoms with E-state index in [9.17, 15) is 23.5 Å². The summed E-state index contributed by atoms with van der Waals surface area (Å²) in [4.78, 5) is 18.1. The molecule has 0 atom stereocenters. The maximum atomic E-state index is 16.6. The summed E-state index contributed by atoms with van der Waals surface area (Å²) in [5, 5.41) is 18.8. The second kappa shape index (κ2) is 21.0. The molecule has 0 bridgehead atoms. The molecule has 3 aromatic heterocycles. The van der Waals surface area contributed by atoms with Crippen molar-refractivity contribution >= 4 is 105 Å². The van der Waals surface area contributed by atoms with Crippen molar-refractivity contribution in [3.63, 3.8) is 0 Å². The van der Waals surface area contributed by atoms with E-state index in [-0.39, 0.29) is 105 Å². The zero-order valence-electron chi connectivity index (χ0n) is 36.8. The van der Waals surface area contributed by atoms with Gasteiger partial charge in [-0.1, -0.05) is 71.2 Å². The predicted molar refractivity (Wildman–Crippen MR) is 266 cm³/mol. The van der Waals surface area contributed by atoms with Crippen molar-refractivity contribution < 1.29 is 51.4 Å². The number of nitriles is 2. The number of hydrogen-bond acceptors (Lipinski definition) is 13. The van der Waals surface area contributed by atoms with Crippen LogP contribution in [0.25, 0.3) is 89.2 Å². The second-order valence-electron chi connectivity index (χ2n) is 15.2. The highest BCUT2D eigenvalue weighted by Gasteiger charge is 2.34. The molecule has 0 fully saturated rings. The molecule has 7 aromatic carbocycles. The Kier molecular flexibility index (Phi) is 14.7. The SMILES string of the molecule is O=S(=O)=O.O=S(=O)=O.[C-]#[N+]c1cc(F)c(-c2nc3c4c(nc(-c5c(F)cc(C#N)cc5Cl)n4-c4ccccc4)c4c(nc(-c5c(F)cc(C#N)cc5Cl)n4-c4ccc(S(=O)(=O)O)cc4)c3n2-c2ccccc2)c(Cl)c1. The average molecular weight is 1130 g/mol. The van der Waals surface area contributed by atoms with Crippen molar-refractivity contribution in [1.82, 2.24) is 28.7 Å². The Labute approximate surface area is 437 Å². The van der Waals surface area contributed by atoms with E-state index in [1.165, 1.54) is 34.9 Å². The molecule has 0 amide bonds. The molecule has 1 N–H and O–H groups in total. The topological polar surface area (TPSA) is 262 Å². The number of hydrogen-bond donors (Lipinski definition) is 1. The van der Waals surface area contributed by atoms with E-state index in [2.05, 4.69) is 4.85 Å². The van der Waals surface area contributed by atoms with Gasteiger partial charge in [0.05, 0.1) is 61.5 Å². The molecule has 0 saturated carbocycles. The number of fused-ring (bicyclic) bond motifs is 6. The summed E-state index contributed by atoms with van der Waals surface area (Å²) in [7, 11) is -10.9. The maximum Gasteiger partial charge on any atom is 0.425 e. The number of imidazole rings is 3. The molecule has 0 aliphatic carbocycles. The average Bonchev–Trinajstić information content (AvgIpc) is 4.05. The fourth-order valence-corrected chi connectivity index (χ4v) is 9.48. The fraction of sp³-hybridized carbons (Fsp3) is 0. The first-order valence-corrected chi connectivity index (χ1v) is 25.0. The van der Waals surface area contributed by atoms with Crippen LogP contribution < -0.4 is 0 Å². The van der Waals surface area contributed by atoms with Gasteiger partial charge in [-0.15, -0.1) is 25.3 Å². The van der Waals surface area contributed by atoms with Crippen LogP contribution in [0.1, 0.15) is 11.1 Å². The third kappa shape index (κ3) is 10.0. The van der Waals surface area contributed by atoms with Crippen molar-refractivity contribution in [2.45, 2.75) is 4.90 Å². The summed E-state index contributed by atoms with van der Waals surface area (Å²) in [6.45, 7) is 7.56. The van der Waals surface area contributed by atoms with Crippen LogP contribution in [0, 0.1) is 46.7 Å². The number of para-hydroxylation sites is 2. The van der Waals surface area contributed by atoms with Crippen molar-refractivity contribution in [2.24, 2.45) is 0 Å². The summed E-state index contributed by atoms with van der Waals surface area (Å²) < 4.78 is 140. The highest BCUT2D eigenvalue weighted by molar-refractivity contribution is 7.85. The number of rotatable bonds is 7. The molecular formula is C48H21Cl3F3N9O9S3. The first-order chi connectivity index (χ1) is 35.7. The number of nitrogens with zero attached hydrogens (tertiary/aromatic N) is 9. The molecule has 372 valence electrons. The molecule has 0 unspecified atom stereocenters. The normalized spacial score (nSPS) is 11.0. The molecule has 27 heteroatoms. The van der Waals surface area contributed by atoms with Crippen LogP contribution in [0.4, 0.5) is 18.9 Å². The van der Waals surface area contributed by atoms with Crippen LogP contribution >= 0.6 is 34.8 Å². The van der Waals surface area contributed by atoms with Crippen LogP contribution in [0.3, 0.4) is 0 Å². The van der Waals surface area contributed by atoms with Gasteiger partial charge < -0.3 is 0 Å². The van der Waals surface area contributed by atoms with Crippen molar-refractivity contribution in [1.29, 1.82) is 10.5 Å². The number of halogens is 6. The molecule has 0 aliphatic heterocycles. The van der Waals surface area contributed by atoms with Gasteiger partial charge in [0.2, 0.25) is 0 Å². The molecule has 18 nitrogen and oxygen atoms in total. The zero-order valence-corrected chi connectivity index (χ0v) is 41.5. The smallest absolute Gasteiger partial charge is 0.290 e. The van der Waals surface area contributed by atoms with Gasteiger partial charge in [0.25, 0.3) is 10.1 Å². The Balaban J connectivity index is 0.000000873. The van der Waals surface area contributed by atoms with Crippen LogP contribution in [0.15, 0.2) is 126 Å². The van der Waals surface area contributed by atoms with E-state index in [0.717, 1.165) is 30.3 Å². The minimum absolute atomic E-state index is 0.0168. The summed E-state index contributed by atoms with van der Waals surface area (Å²) >= 11 is 20.5. The molecule has 75 heavy (non-hydrogen) atoms. The van der Waals surface area contributed by atoms with E-state index in [4.69, 9.17) is 81.6 Å². The van der Waals surface area contributed by atoms with Gasteiger partial charge in [-0.3, -0.25) is 18.3 Å². The van der Waals surface area contributed by atoms with Crippen LogP contribution in [0.2, 0.25) is 15.1 Å². The first kappa shape index (κ1) is 52.5. The third-order valence-electron chi connectivity index (χ3n) is 10.9. The zero-order chi connectivity index (χ0) is 54.2. The van der Waals surface area contributed by atoms with E-state index in [1.807, 2.05) is 12.1 Å². The number of aromatic nitrogens is 6. The Bertz CT molecular complexity index is 4350. The van der Waals surface area contributed by atoms with Crippen molar-refractivity contribution in [3.8, 4) is 63.4 Å². The Morgan fingerprint density at radius 2 is 0.853 bits per heavy atom. The monoisotopic (exact) mass is 1120 g/mol. The third-order valence-corrected chi connectivity index (χ3v) is 12.7. The summed E-state index contributed by atoms with van der Waals surface area (Å²) in [6.07, 6.45) is 0. The highest BCUT2D eigenvalue weighted by atomic mass is 35.5. The molecule has 10 rings (SSSR count). The van der Waals surface area contributed by atoms with E-state index < -0.39 is 53.7 Å². The van der Waals surface area contributed by atoms with Crippen LogP contribution in [0.5, 0.6) is 0 Å². The lowest BCUT2D eigenvalue weighted by Gasteiger charge is -2.14. The molecule has 0 spiro atoms. The fourth-order valence-electron chi connectivity index (χ4n) is 8.13. The lowest BCUT2D eigenvalue weighted by Crippen LogP contribution is -2.03. The van der Waals surface area contributed by atoms with E-state index >= 15 is 13.2 Å². The number of benzene rings is 7. The van der Waals surface area contributed by atoms with Gasteiger partial charge in [-0.25, -0.2) is 33.0 Å². The van der Waals surface area contributed by atoms with Crippen molar-refractivity contribution in [3.05, 3.63) is 176 Å². The minimum Gasteiger partial charge on any atom is -0.290 e. The van der Waals surface area contributed by atoms with Gasteiger partial charge in [-0.2, -0.15) is 18.9 Å². The van der Waals surface area contributed by atoms with Gasteiger partial charge >= 0.3 is 21.2 Å². The summed E-state index contributed by atoms with van der Waals surface area (Å²) in [5.74, 6) is -3.21. The molecule has 10 aromatic rings. The summed E-state index contributed by atoms with van der Waals surface area (Å²) in [6, 6.07) is 32.5. The largest absolute Gasteiger partial charge is 0.425 e. The van der Waals surface area contributed by atoms with E-state index in [0.29, 0.717) is 11.4 Å². The van der Waals surface area contributed by atoms with Gasteiger partial charge in [0.1, 0.15) is 68.0 Å². The van der Waals surface area contributed by atoms with Crippen LogP contribution in [-0.2, 0) is 31.3 Å². The Morgan fingerprint density at radius 1 is 0.533 bits per heavy atom. The van der Waals surface area contributed by atoms with Gasteiger partial charge in [0.15, 0.2) is 5.69 Å². The first-order valence-electron chi connectivity index (χ1n) is 20.5. The molecule has 0 saturated heterocycles. The lowest BCUT2D eigenvalue weighted by atomic mass is 10.1. The van der Waals surface area contributed by atoms with E-state index in [1.54, 1.807) is 69.8 Å². The molecule has 0 aliphatic rings. The van der Waals surface area contributed by atoms with Crippen molar-refractivity contribution in [2.75, 3.05) is 0 Å². The van der Waals surface area contributed by atoms with Gasteiger partial charge in [-0.05, 0) is 84.9 Å². The Hall–Kier alpha value is -8.77. The van der Waals surface area contributed by atoms with Crippen LogP contribution in [-0.4, -0.2) is 66.9 Å². The Morgan fingerprint density at radius 3 is 1.15 bits per heavy atom. The molecule has 0 radical (unpaired) electrons. The quantitative estimate of drug-likeness (QED) is 0.115. The minimum atomic E-state index is -4.72. The highest BCUT2D eigenvalue weighted by Crippen LogP contribution is 2.47. The predicted octanol–water partition coefficient (Wildman–Crippen LogP) is 10.6. The second-order valence-corrected chi connectivity index (χ2v) is 18.7. The standard InChI is InChI=1S/C48H21Cl3F3N9O3S.2O3S/c1-57-26-20-33(51)39(36(54)21-26)48-60-40-43-41(58-46(61(43)27-8-4-2-5-9-27)37-31(49)16-24(22-55)18-34(37)52)45-42(44(40)62(48)28-10-6-3-7-11-28)59-47(38-32(50)17-25(23-56)19-35(38)53)63(45)29-12-14-30(15-13-29)67(64,65)66;2*1-4(2)3/h2-21H,(H,64,65,66);;.